The van der Waals surface area contributed by atoms with E-state index >= 15 is 0 Å². The molecule has 0 saturated heterocycles. The van der Waals surface area contributed by atoms with Crippen molar-refractivity contribution in [1.29, 1.82) is 0 Å². The third-order valence-corrected chi connectivity index (χ3v) is 6.40. The van der Waals surface area contributed by atoms with Gasteiger partial charge in [-0.25, -0.2) is 0 Å². The lowest BCUT2D eigenvalue weighted by Crippen LogP contribution is -2.38. The summed E-state index contributed by atoms with van der Waals surface area (Å²) in [5.41, 5.74) is 5.69. The fraction of sp³-hybridized carbons (Fsp3) is 0.250. The molecule has 0 unspecified atom stereocenters. The molecule has 4 aromatic rings. The van der Waals surface area contributed by atoms with Gasteiger partial charge < -0.3 is 14.6 Å². The van der Waals surface area contributed by atoms with Crippen molar-refractivity contribution in [2.24, 2.45) is 0 Å². The van der Waals surface area contributed by atoms with Crippen molar-refractivity contribution in [2.45, 2.75) is 39.1 Å². The van der Waals surface area contributed by atoms with Crippen molar-refractivity contribution in [3.8, 4) is 11.5 Å². The molecule has 0 aliphatic rings. The van der Waals surface area contributed by atoms with Crippen LogP contribution in [0.5, 0.6) is 11.5 Å². The van der Waals surface area contributed by atoms with Crippen LogP contribution in [-0.4, -0.2) is 29.8 Å². The fourth-order valence-electron chi connectivity index (χ4n) is 4.57. The van der Waals surface area contributed by atoms with Crippen molar-refractivity contribution >= 4 is 0 Å². The summed E-state index contributed by atoms with van der Waals surface area (Å²) in [5, 5.41) is 10.5. The highest BCUT2D eigenvalue weighted by molar-refractivity contribution is 5.49. The summed E-state index contributed by atoms with van der Waals surface area (Å²) in [6, 6.07) is 35.1. The zero-order chi connectivity index (χ0) is 25.2. The summed E-state index contributed by atoms with van der Waals surface area (Å²) < 4.78 is 11.9. The summed E-state index contributed by atoms with van der Waals surface area (Å²) in [5.74, 6) is 1.48. The molecular weight excluding hydrogens is 446 g/mol. The van der Waals surface area contributed by atoms with E-state index in [1.165, 1.54) is 11.1 Å². The summed E-state index contributed by atoms with van der Waals surface area (Å²) in [6.45, 7) is 4.08. The summed E-state index contributed by atoms with van der Waals surface area (Å²) in [4.78, 5) is 2.36. The van der Waals surface area contributed by atoms with E-state index in [1.54, 1.807) is 7.11 Å². The lowest BCUT2D eigenvalue weighted by atomic mass is 10.0. The Labute approximate surface area is 214 Å². The Morgan fingerprint density at radius 3 is 1.75 bits per heavy atom. The van der Waals surface area contributed by atoms with Gasteiger partial charge in [-0.3, -0.25) is 4.90 Å². The molecule has 0 bridgehead atoms. The summed E-state index contributed by atoms with van der Waals surface area (Å²) in [7, 11) is 1.68. The Bertz CT molecular complexity index is 1150. The fourth-order valence-corrected chi connectivity index (χ4v) is 4.57. The normalized spacial score (nSPS) is 11.9. The molecule has 0 amide bonds. The van der Waals surface area contributed by atoms with Crippen LogP contribution in [0.1, 0.15) is 27.8 Å². The van der Waals surface area contributed by atoms with E-state index in [0.717, 1.165) is 41.3 Å². The van der Waals surface area contributed by atoms with Gasteiger partial charge in [0.2, 0.25) is 0 Å². The summed E-state index contributed by atoms with van der Waals surface area (Å²) >= 11 is 0. The van der Waals surface area contributed by atoms with Gasteiger partial charge in [0, 0.05) is 19.1 Å². The minimum atomic E-state index is -0.0554. The van der Waals surface area contributed by atoms with E-state index in [-0.39, 0.29) is 12.6 Å². The average Bonchev–Trinajstić information content (AvgIpc) is 2.92. The van der Waals surface area contributed by atoms with Crippen LogP contribution in [-0.2, 0) is 26.1 Å². The van der Waals surface area contributed by atoms with Gasteiger partial charge in [0.05, 0.1) is 13.7 Å². The highest BCUT2D eigenvalue weighted by atomic mass is 16.5. The molecule has 36 heavy (non-hydrogen) atoms. The van der Waals surface area contributed by atoms with Crippen LogP contribution in [0.3, 0.4) is 0 Å². The van der Waals surface area contributed by atoms with E-state index in [4.69, 9.17) is 9.47 Å². The Morgan fingerprint density at radius 2 is 1.25 bits per heavy atom. The predicted molar refractivity (Wildman–Crippen MR) is 145 cm³/mol. The molecule has 4 aromatic carbocycles. The van der Waals surface area contributed by atoms with Gasteiger partial charge in [-0.2, -0.15) is 0 Å². The number of aryl methyl sites for hydroxylation is 1. The molecule has 4 nitrogen and oxygen atoms in total. The molecule has 4 rings (SSSR count). The van der Waals surface area contributed by atoms with E-state index in [2.05, 4.69) is 77.7 Å². The second-order valence-electron chi connectivity index (χ2n) is 9.14. The second kappa shape index (κ2) is 12.9. The van der Waals surface area contributed by atoms with Crippen molar-refractivity contribution in [3.63, 3.8) is 0 Å². The third kappa shape index (κ3) is 6.97. The van der Waals surface area contributed by atoms with Crippen LogP contribution in [0.2, 0.25) is 0 Å². The van der Waals surface area contributed by atoms with Crippen molar-refractivity contribution < 1.29 is 14.6 Å². The Morgan fingerprint density at radius 1 is 0.722 bits per heavy atom. The van der Waals surface area contributed by atoms with Gasteiger partial charge in [-0.05, 0) is 47.2 Å². The number of methoxy groups -OCH3 is 1. The van der Waals surface area contributed by atoms with Gasteiger partial charge in [0.15, 0.2) is 11.5 Å². The standard InChI is InChI=1S/C32H35NO3/c1-25-18-29(20-31(32(25)35-2)36-24-28-16-10-5-11-17-28)19-30(23-34)33(21-26-12-6-3-7-13-26)22-27-14-8-4-9-15-27/h3-18,20,30,34H,19,21-24H2,1-2H3/t30-/m0/s1. The van der Waals surface area contributed by atoms with E-state index in [9.17, 15) is 5.11 Å². The molecular formula is C32H35NO3. The Kier molecular flexibility index (Phi) is 9.15. The van der Waals surface area contributed by atoms with E-state index in [1.807, 2.05) is 37.3 Å². The first-order valence-corrected chi connectivity index (χ1v) is 12.4. The zero-order valence-electron chi connectivity index (χ0n) is 21.1. The summed E-state index contributed by atoms with van der Waals surface area (Å²) in [6.07, 6.45) is 0.697. The smallest absolute Gasteiger partial charge is 0.163 e. The maximum atomic E-state index is 10.5. The number of ether oxygens (including phenoxy) is 2. The number of benzene rings is 4. The van der Waals surface area contributed by atoms with Crippen LogP contribution in [0.4, 0.5) is 0 Å². The zero-order valence-corrected chi connectivity index (χ0v) is 21.1. The molecule has 186 valence electrons. The Balaban J connectivity index is 1.57. The van der Waals surface area contributed by atoms with Crippen LogP contribution < -0.4 is 9.47 Å². The first-order chi connectivity index (χ1) is 17.7. The van der Waals surface area contributed by atoms with Gasteiger partial charge >= 0.3 is 0 Å². The minimum absolute atomic E-state index is 0.0554. The first kappa shape index (κ1) is 25.5. The highest BCUT2D eigenvalue weighted by Gasteiger charge is 2.21. The predicted octanol–water partition coefficient (Wildman–Crippen LogP) is 6.19. The van der Waals surface area contributed by atoms with Crippen LogP contribution in [0, 0.1) is 6.92 Å². The van der Waals surface area contributed by atoms with E-state index in [0.29, 0.717) is 13.0 Å². The molecule has 1 N–H and O–H groups in total. The van der Waals surface area contributed by atoms with Gasteiger partial charge in [0.1, 0.15) is 6.61 Å². The molecule has 4 heteroatoms. The number of hydrogen-bond acceptors (Lipinski definition) is 4. The topological polar surface area (TPSA) is 41.9 Å². The molecule has 0 heterocycles. The third-order valence-electron chi connectivity index (χ3n) is 6.40. The molecule has 0 aromatic heterocycles. The second-order valence-corrected chi connectivity index (χ2v) is 9.14. The Hall–Kier alpha value is -3.60. The quantitative estimate of drug-likeness (QED) is 0.262. The molecule has 0 aliphatic carbocycles. The maximum Gasteiger partial charge on any atom is 0.163 e. The van der Waals surface area contributed by atoms with Crippen molar-refractivity contribution in [3.05, 3.63) is 131 Å². The molecule has 0 saturated carbocycles. The number of nitrogens with zero attached hydrogens (tertiary/aromatic N) is 1. The largest absolute Gasteiger partial charge is 0.493 e. The van der Waals surface area contributed by atoms with Crippen molar-refractivity contribution in [2.75, 3.05) is 13.7 Å². The number of aliphatic hydroxyl groups excluding tert-OH is 1. The lowest BCUT2D eigenvalue weighted by Gasteiger charge is -2.31. The first-order valence-electron chi connectivity index (χ1n) is 12.4. The molecule has 0 spiro atoms. The van der Waals surface area contributed by atoms with Crippen molar-refractivity contribution in [1.82, 2.24) is 4.90 Å². The highest BCUT2D eigenvalue weighted by Crippen LogP contribution is 2.34. The number of aliphatic hydroxyl groups is 1. The number of hydrogen-bond donors (Lipinski definition) is 1. The van der Waals surface area contributed by atoms with Crippen LogP contribution >= 0.6 is 0 Å². The molecule has 0 fully saturated rings. The molecule has 1 atom stereocenters. The molecule has 0 radical (unpaired) electrons. The van der Waals surface area contributed by atoms with Crippen LogP contribution in [0.15, 0.2) is 103 Å². The van der Waals surface area contributed by atoms with Gasteiger partial charge in [0.25, 0.3) is 0 Å². The average molecular weight is 482 g/mol. The SMILES string of the molecule is COc1c(C)cc(C[C@@H](CO)N(Cc2ccccc2)Cc2ccccc2)cc1OCc1ccccc1. The maximum absolute atomic E-state index is 10.5. The minimum Gasteiger partial charge on any atom is -0.493 e. The molecule has 0 aliphatic heterocycles. The van der Waals surface area contributed by atoms with E-state index < -0.39 is 0 Å². The lowest BCUT2D eigenvalue weighted by molar-refractivity contribution is 0.109. The number of rotatable bonds is 12. The van der Waals surface area contributed by atoms with Gasteiger partial charge in [-0.15, -0.1) is 0 Å². The monoisotopic (exact) mass is 481 g/mol. The van der Waals surface area contributed by atoms with Gasteiger partial charge in [-0.1, -0.05) is 97.1 Å². The van der Waals surface area contributed by atoms with Crippen LogP contribution in [0.25, 0.3) is 0 Å².